The van der Waals surface area contributed by atoms with Crippen LogP contribution < -0.4 is 10.5 Å². The highest BCUT2D eigenvalue weighted by atomic mass is 35.5. The van der Waals surface area contributed by atoms with Crippen molar-refractivity contribution in [1.29, 1.82) is 0 Å². The maximum absolute atomic E-state index is 6.15. The normalized spacial score (nSPS) is 11.8. The van der Waals surface area contributed by atoms with E-state index >= 15 is 0 Å². The Hall–Kier alpha value is -0.730. The lowest BCUT2D eigenvalue weighted by molar-refractivity contribution is 0.410. The summed E-state index contributed by atoms with van der Waals surface area (Å²) in [5.74, 6) is 0.934. The Morgan fingerprint density at radius 1 is 1.29 bits per heavy atom. The average Bonchev–Trinajstić information content (AvgIpc) is 2.30. The van der Waals surface area contributed by atoms with Crippen LogP contribution in [0.1, 0.15) is 49.8 Å². The van der Waals surface area contributed by atoms with Crippen molar-refractivity contribution in [1.82, 2.24) is 0 Å². The Morgan fingerprint density at radius 2 is 2.00 bits per heavy atom. The van der Waals surface area contributed by atoms with Gasteiger partial charge in [0, 0.05) is 6.04 Å². The van der Waals surface area contributed by atoms with E-state index in [1.807, 2.05) is 6.92 Å². The van der Waals surface area contributed by atoms with E-state index in [0.717, 1.165) is 17.7 Å². The molecule has 1 aromatic carbocycles. The van der Waals surface area contributed by atoms with Gasteiger partial charge in [0.05, 0.1) is 7.11 Å². The number of benzene rings is 1. The summed E-state index contributed by atoms with van der Waals surface area (Å²) in [5.41, 5.74) is 8.49. The van der Waals surface area contributed by atoms with Crippen molar-refractivity contribution in [3.63, 3.8) is 0 Å². The molecule has 3 heteroatoms. The maximum atomic E-state index is 6.15. The first kappa shape index (κ1) is 16.3. The van der Waals surface area contributed by atoms with Crippen LogP contribution in [0.4, 0.5) is 0 Å². The smallest absolute Gasteiger partial charge is 0.122 e. The molecule has 0 saturated heterocycles. The van der Waals surface area contributed by atoms with Gasteiger partial charge in [-0.25, -0.2) is 0 Å². The van der Waals surface area contributed by atoms with Gasteiger partial charge in [-0.2, -0.15) is 0 Å². The van der Waals surface area contributed by atoms with E-state index in [0.29, 0.717) is 0 Å². The van der Waals surface area contributed by atoms with E-state index in [-0.39, 0.29) is 18.4 Å². The van der Waals surface area contributed by atoms with Crippen LogP contribution in [-0.2, 0) is 0 Å². The minimum atomic E-state index is 0. The quantitative estimate of drug-likeness (QED) is 0.782. The summed E-state index contributed by atoms with van der Waals surface area (Å²) < 4.78 is 5.31. The molecule has 0 heterocycles. The van der Waals surface area contributed by atoms with Crippen LogP contribution >= 0.6 is 12.4 Å². The van der Waals surface area contributed by atoms with Crippen molar-refractivity contribution in [3.05, 3.63) is 29.3 Å². The Kier molecular flexibility index (Phi) is 8.01. The second kappa shape index (κ2) is 8.37. The summed E-state index contributed by atoms with van der Waals surface area (Å²) in [6.07, 6.45) is 4.76. The molecule has 0 bridgehead atoms. The predicted molar refractivity (Wildman–Crippen MR) is 76.0 cm³/mol. The van der Waals surface area contributed by atoms with Crippen molar-refractivity contribution in [2.75, 3.05) is 7.11 Å². The fraction of sp³-hybridized carbons (Fsp3) is 0.571. The van der Waals surface area contributed by atoms with Gasteiger partial charge in [0.15, 0.2) is 0 Å². The zero-order chi connectivity index (χ0) is 12.0. The zero-order valence-corrected chi connectivity index (χ0v) is 11.8. The summed E-state index contributed by atoms with van der Waals surface area (Å²) in [7, 11) is 1.70. The molecule has 1 rings (SSSR count). The lowest BCUT2D eigenvalue weighted by Gasteiger charge is -2.14. The van der Waals surface area contributed by atoms with Gasteiger partial charge in [-0.05, 0) is 30.5 Å². The van der Waals surface area contributed by atoms with Crippen LogP contribution in [0, 0.1) is 6.92 Å². The van der Waals surface area contributed by atoms with Gasteiger partial charge >= 0.3 is 0 Å². The third-order valence-corrected chi connectivity index (χ3v) is 2.98. The number of rotatable bonds is 6. The maximum Gasteiger partial charge on any atom is 0.122 e. The number of aryl methyl sites for hydroxylation is 1. The van der Waals surface area contributed by atoms with Gasteiger partial charge in [-0.3, -0.25) is 0 Å². The lowest BCUT2D eigenvalue weighted by Crippen LogP contribution is -2.10. The van der Waals surface area contributed by atoms with Crippen LogP contribution in [0.25, 0.3) is 0 Å². The molecule has 1 atom stereocenters. The molecule has 1 aromatic rings. The number of nitrogens with two attached hydrogens (primary N) is 1. The first-order valence-electron chi connectivity index (χ1n) is 6.09. The Balaban J connectivity index is 0.00000256. The predicted octanol–water partition coefficient (Wildman–Crippen LogP) is 4.01. The van der Waals surface area contributed by atoms with E-state index in [1.165, 1.54) is 24.8 Å². The van der Waals surface area contributed by atoms with Gasteiger partial charge in [0.1, 0.15) is 5.75 Å². The molecule has 0 aliphatic heterocycles. The van der Waals surface area contributed by atoms with Crippen molar-refractivity contribution in [2.45, 2.75) is 45.6 Å². The molecule has 17 heavy (non-hydrogen) atoms. The molecule has 0 amide bonds. The number of hydrogen-bond acceptors (Lipinski definition) is 2. The van der Waals surface area contributed by atoms with Crippen molar-refractivity contribution in [3.8, 4) is 5.75 Å². The highest BCUT2D eigenvalue weighted by Gasteiger charge is 2.07. The monoisotopic (exact) mass is 257 g/mol. The molecule has 0 aliphatic rings. The van der Waals surface area contributed by atoms with Gasteiger partial charge in [0.25, 0.3) is 0 Å². The van der Waals surface area contributed by atoms with Crippen molar-refractivity contribution < 1.29 is 4.74 Å². The number of unbranched alkanes of at least 4 members (excludes halogenated alkanes) is 2. The van der Waals surface area contributed by atoms with Crippen LogP contribution in [0.2, 0.25) is 0 Å². The number of methoxy groups -OCH3 is 1. The Morgan fingerprint density at radius 3 is 2.59 bits per heavy atom. The molecule has 0 aliphatic carbocycles. The number of halogens is 1. The number of hydrogen-bond donors (Lipinski definition) is 1. The highest BCUT2D eigenvalue weighted by Crippen LogP contribution is 2.24. The Labute approximate surface area is 111 Å². The molecule has 0 aromatic heterocycles. The van der Waals surface area contributed by atoms with E-state index < -0.39 is 0 Å². The van der Waals surface area contributed by atoms with E-state index in [2.05, 4.69) is 25.1 Å². The van der Waals surface area contributed by atoms with Gasteiger partial charge in [-0.15, -0.1) is 12.4 Å². The van der Waals surface area contributed by atoms with Crippen LogP contribution in [-0.4, -0.2) is 7.11 Å². The van der Waals surface area contributed by atoms with Gasteiger partial charge in [0.2, 0.25) is 0 Å². The SMILES string of the molecule is CCCCC[C@@H](N)c1ccc(C)c(OC)c1.Cl. The molecule has 2 N–H and O–H groups in total. The molecule has 0 fully saturated rings. The largest absolute Gasteiger partial charge is 0.496 e. The fourth-order valence-corrected chi connectivity index (χ4v) is 1.85. The lowest BCUT2D eigenvalue weighted by atomic mass is 10.00. The molecule has 0 unspecified atom stereocenters. The molecule has 0 spiro atoms. The number of ether oxygens (including phenoxy) is 1. The molecule has 0 radical (unpaired) electrons. The van der Waals surface area contributed by atoms with Gasteiger partial charge < -0.3 is 10.5 Å². The molecular weight excluding hydrogens is 234 g/mol. The second-order valence-electron chi connectivity index (χ2n) is 4.33. The second-order valence-corrected chi connectivity index (χ2v) is 4.33. The van der Waals surface area contributed by atoms with Crippen LogP contribution in [0.5, 0.6) is 5.75 Å². The van der Waals surface area contributed by atoms with E-state index in [1.54, 1.807) is 7.11 Å². The molecule has 0 saturated carbocycles. The Bertz CT molecular complexity index is 328. The van der Waals surface area contributed by atoms with E-state index in [4.69, 9.17) is 10.5 Å². The van der Waals surface area contributed by atoms with Crippen molar-refractivity contribution in [2.24, 2.45) is 5.73 Å². The summed E-state index contributed by atoms with van der Waals surface area (Å²) in [5, 5.41) is 0. The molecule has 2 nitrogen and oxygen atoms in total. The third kappa shape index (κ3) is 4.97. The van der Waals surface area contributed by atoms with Crippen LogP contribution in [0.15, 0.2) is 18.2 Å². The summed E-state index contributed by atoms with van der Waals surface area (Å²) >= 11 is 0. The summed E-state index contributed by atoms with van der Waals surface area (Å²) in [6.45, 7) is 4.26. The minimum Gasteiger partial charge on any atom is -0.496 e. The van der Waals surface area contributed by atoms with Gasteiger partial charge in [-0.1, -0.05) is 38.3 Å². The zero-order valence-electron chi connectivity index (χ0n) is 11.0. The minimum absolute atomic E-state index is 0. The first-order valence-corrected chi connectivity index (χ1v) is 6.09. The van der Waals surface area contributed by atoms with Crippen LogP contribution in [0.3, 0.4) is 0 Å². The fourth-order valence-electron chi connectivity index (χ4n) is 1.85. The third-order valence-electron chi connectivity index (χ3n) is 2.98. The topological polar surface area (TPSA) is 35.2 Å². The highest BCUT2D eigenvalue weighted by molar-refractivity contribution is 5.85. The average molecular weight is 258 g/mol. The molecule has 98 valence electrons. The van der Waals surface area contributed by atoms with Crippen molar-refractivity contribution >= 4 is 12.4 Å². The first-order chi connectivity index (χ1) is 7.69. The summed E-state index contributed by atoms with van der Waals surface area (Å²) in [6, 6.07) is 6.38. The standard InChI is InChI=1S/C14H23NO.ClH/c1-4-5-6-7-13(15)12-9-8-11(2)14(10-12)16-3;/h8-10,13H,4-7,15H2,1-3H3;1H/t13-;/m1./s1. The van der Waals surface area contributed by atoms with E-state index in [9.17, 15) is 0 Å². The summed E-state index contributed by atoms with van der Waals surface area (Å²) in [4.78, 5) is 0. The molecular formula is C14H24ClNO.